The summed E-state index contributed by atoms with van der Waals surface area (Å²) in [5.74, 6) is -0.277. The number of thiazole rings is 1. The average Bonchev–Trinajstić information content (AvgIpc) is 2.93. The quantitative estimate of drug-likeness (QED) is 0.884. The van der Waals surface area contributed by atoms with E-state index >= 15 is 0 Å². The topological polar surface area (TPSA) is 71.1 Å². The molecule has 5 nitrogen and oxygen atoms in total. The molecule has 19 heavy (non-hydrogen) atoms. The number of amides is 2. The van der Waals surface area contributed by atoms with E-state index < -0.39 is 0 Å². The molecule has 1 aliphatic rings. The molecule has 0 unspecified atom stereocenters. The fourth-order valence-electron chi connectivity index (χ4n) is 1.85. The van der Waals surface area contributed by atoms with Crippen molar-refractivity contribution in [3.05, 3.63) is 39.3 Å². The lowest BCUT2D eigenvalue weighted by atomic mass is 10.1. The van der Waals surface area contributed by atoms with Gasteiger partial charge in [-0.1, -0.05) is 11.3 Å². The highest BCUT2D eigenvalue weighted by Crippen LogP contribution is 2.26. The monoisotopic (exact) mass is 337 g/mol. The third-order valence-corrected chi connectivity index (χ3v) is 4.08. The molecule has 0 spiro atoms. The van der Waals surface area contributed by atoms with Crippen LogP contribution in [0.15, 0.2) is 28.2 Å². The summed E-state index contributed by atoms with van der Waals surface area (Å²) >= 11 is 4.63. The first-order valence-corrected chi connectivity index (χ1v) is 7.08. The normalized spacial score (nSPS) is 13.0. The van der Waals surface area contributed by atoms with Gasteiger partial charge in [-0.05, 0) is 39.7 Å². The van der Waals surface area contributed by atoms with Crippen LogP contribution in [0.4, 0.5) is 10.8 Å². The van der Waals surface area contributed by atoms with Gasteiger partial charge in [0.1, 0.15) is 0 Å². The highest BCUT2D eigenvalue weighted by molar-refractivity contribution is 9.11. The zero-order valence-electron chi connectivity index (χ0n) is 9.57. The van der Waals surface area contributed by atoms with Crippen LogP contribution in [0.1, 0.15) is 15.9 Å². The number of carbonyl (C=O) groups is 2. The second-order valence-corrected chi connectivity index (χ2v) is 6.43. The number of halogens is 1. The van der Waals surface area contributed by atoms with Crippen molar-refractivity contribution in [1.82, 2.24) is 4.98 Å². The minimum Gasteiger partial charge on any atom is -0.326 e. The number of nitrogens with one attached hydrogen (secondary N) is 2. The number of fused-ring (bicyclic) bond motifs is 1. The molecule has 0 bridgehead atoms. The molecule has 0 fully saturated rings. The Kier molecular flexibility index (Phi) is 3.08. The maximum Gasteiger partial charge on any atom is 0.257 e. The molecule has 7 heteroatoms. The summed E-state index contributed by atoms with van der Waals surface area (Å²) in [7, 11) is 0. The summed E-state index contributed by atoms with van der Waals surface area (Å²) < 4.78 is 0.853. The average molecular weight is 338 g/mol. The van der Waals surface area contributed by atoms with Crippen molar-refractivity contribution in [3.63, 3.8) is 0 Å². The van der Waals surface area contributed by atoms with Gasteiger partial charge in [0.05, 0.1) is 16.4 Å². The Bertz CT molecular complexity index is 683. The van der Waals surface area contributed by atoms with Crippen molar-refractivity contribution in [1.29, 1.82) is 0 Å². The highest BCUT2D eigenvalue weighted by atomic mass is 79.9. The molecule has 96 valence electrons. The molecule has 3 rings (SSSR count). The minimum absolute atomic E-state index is 0.0450. The summed E-state index contributed by atoms with van der Waals surface area (Å²) in [4.78, 5) is 27.3. The second-order valence-electron chi connectivity index (χ2n) is 4.02. The van der Waals surface area contributed by atoms with Crippen LogP contribution >= 0.6 is 27.3 Å². The number of rotatable bonds is 2. The van der Waals surface area contributed by atoms with Crippen LogP contribution in [0.5, 0.6) is 0 Å². The molecule has 2 amide bonds. The maximum absolute atomic E-state index is 12.0. The Morgan fingerprint density at radius 2 is 2.32 bits per heavy atom. The summed E-state index contributed by atoms with van der Waals surface area (Å²) in [6, 6.07) is 5.15. The Morgan fingerprint density at radius 3 is 3.05 bits per heavy atom. The molecule has 2 aromatic rings. The van der Waals surface area contributed by atoms with E-state index in [0.717, 1.165) is 15.0 Å². The molecule has 1 aromatic carbocycles. The van der Waals surface area contributed by atoms with E-state index in [1.165, 1.54) is 11.3 Å². The van der Waals surface area contributed by atoms with Crippen molar-refractivity contribution in [2.24, 2.45) is 0 Å². The Labute approximate surface area is 121 Å². The molecule has 0 saturated heterocycles. The van der Waals surface area contributed by atoms with E-state index in [9.17, 15) is 9.59 Å². The Morgan fingerprint density at radius 1 is 1.47 bits per heavy atom. The molecule has 0 atom stereocenters. The number of hydrogen-bond donors (Lipinski definition) is 2. The third-order valence-electron chi connectivity index (χ3n) is 2.69. The molecule has 1 aromatic heterocycles. The van der Waals surface area contributed by atoms with E-state index in [0.29, 0.717) is 17.1 Å². The van der Waals surface area contributed by atoms with Crippen LogP contribution in [0, 0.1) is 0 Å². The van der Waals surface area contributed by atoms with Crippen LogP contribution in [0.25, 0.3) is 0 Å². The first-order chi connectivity index (χ1) is 9.11. The molecule has 0 saturated carbocycles. The van der Waals surface area contributed by atoms with Gasteiger partial charge in [0.2, 0.25) is 5.91 Å². The summed E-state index contributed by atoms with van der Waals surface area (Å²) in [6.07, 6.45) is 1.95. The molecule has 1 aliphatic heterocycles. The molecule has 0 radical (unpaired) electrons. The van der Waals surface area contributed by atoms with Gasteiger partial charge < -0.3 is 5.32 Å². The van der Waals surface area contributed by atoms with Gasteiger partial charge in [0.25, 0.3) is 5.91 Å². The number of aromatic nitrogens is 1. The third kappa shape index (κ3) is 2.52. The van der Waals surface area contributed by atoms with E-state index in [1.54, 1.807) is 24.4 Å². The largest absolute Gasteiger partial charge is 0.326 e. The van der Waals surface area contributed by atoms with Gasteiger partial charge in [-0.2, -0.15) is 0 Å². The predicted octanol–water partition coefficient (Wildman–Crippen LogP) is 2.65. The number of nitrogens with zero attached hydrogens (tertiary/aromatic N) is 1. The van der Waals surface area contributed by atoms with Gasteiger partial charge >= 0.3 is 0 Å². The second kappa shape index (κ2) is 4.75. The molecule has 2 N–H and O–H groups in total. The van der Waals surface area contributed by atoms with Crippen molar-refractivity contribution in [2.45, 2.75) is 6.42 Å². The lowest BCUT2D eigenvalue weighted by Gasteiger charge is -2.04. The summed E-state index contributed by atoms with van der Waals surface area (Å²) in [5, 5.41) is 5.98. The van der Waals surface area contributed by atoms with Gasteiger partial charge in [0, 0.05) is 11.3 Å². The van der Waals surface area contributed by atoms with Crippen molar-refractivity contribution < 1.29 is 9.59 Å². The maximum atomic E-state index is 12.0. The predicted molar refractivity (Wildman–Crippen MR) is 76.5 cm³/mol. The first kappa shape index (κ1) is 12.3. The number of anilines is 2. The number of benzene rings is 1. The molecular formula is C12H8BrN3O2S. The fraction of sp³-hybridized carbons (Fsp3) is 0.0833. The van der Waals surface area contributed by atoms with Crippen LogP contribution in [0.3, 0.4) is 0 Å². The van der Waals surface area contributed by atoms with E-state index in [-0.39, 0.29) is 11.8 Å². The zero-order valence-corrected chi connectivity index (χ0v) is 12.0. The Balaban J connectivity index is 1.81. The number of hydrogen-bond acceptors (Lipinski definition) is 4. The van der Waals surface area contributed by atoms with Gasteiger partial charge in [-0.25, -0.2) is 4.98 Å². The van der Waals surface area contributed by atoms with Gasteiger partial charge in [-0.15, -0.1) is 0 Å². The lowest BCUT2D eigenvalue weighted by molar-refractivity contribution is -0.115. The SMILES string of the molecule is O=C1Cc2cc(C(=O)Nc3ncc(Br)s3)ccc2N1. The fourth-order valence-corrected chi connectivity index (χ4v) is 2.95. The summed E-state index contributed by atoms with van der Waals surface area (Å²) in [6.45, 7) is 0. The van der Waals surface area contributed by atoms with Crippen LogP contribution < -0.4 is 10.6 Å². The van der Waals surface area contributed by atoms with Crippen molar-refractivity contribution in [3.8, 4) is 0 Å². The van der Waals surface area contributed by atoms with Gasteiger partial charge in [0.15, 0.2) is 5.13 Å². The Hall–Kier alpha value is -1.73. The van der Waals surface area contributed by atoms with E-state index in [4.69, 9.17) is 0 Å². The first-order valence-electron chi connectivity index (χ1n) is 5.47. The minimum atomic E-state index is -0.232. The molecule has 0 aliphatic carbocycles. The van der Waals surface area contributed by atoms with Crippen molar-refractivity contribution in [2.75, 3.05) is 10.6 Å². The van der Waals surface area contributed by atoms with Gasteiger partial charge in [-0.3, -0.25) is 14.9 Å². The van der Waals surface area contributed by atoms with E-state index in [2.05, 4.69) is 31.5 Å². The lowest BCUT2D eigenvalue weighted by Crippen LogP contribution is -2.11. The smallest absolute Gasteiger partial charge is 0.257 e. The molecule has 2 heterocycles. The zero-order chi connectivity index (χ0) is 13.4. The standard InChI is InChI=1S/C12H8BrN3O2S/c13-9-5-14-12(19-9)16-11(18)6-1-2-8-7(3-6)4-10(17)15-8/h1-3,5H,4H2,(H,15,17)(H,14,16,18). The van der Waals surface area contributed by atoms with Crippen molar-refractivity contribution >= 4 is 49.9 Å². The number of carbonyl (C=O) groups excluding carboxylic acids is 2. The van der Waals surface area contributed by atoms with E-state index in [1.807, 2.05) is 0 Å². The summed E-state index contributed by atoms with van der Waals surface area (Å²) in [5.41, 5.74) is 2.14. The molecular weight excluding hydrogens is 330 g/mol. The van der Waals surface area contributed by atoms with Crippen LogP contribution in [-0.2, 0) is 11.2 Å². The van der Waals surface area contributed by atoms with Crippen LogP contribution in [-0.4, -0.2) is 16.8 Å². The van der Waals surface area contributed by atoms with Crippen LogP contribution in [0.2, 0.25) is 0 Å². The highest BCUT2D eigenvalue weighted by Gasteiger charge is 2.19.